The van der Waals surface area contributed by atoms with Crippen LogP contribution in [0.1, 0.15) is 25.7 Å². The second-order valence-electron chi connectivity index (χ2n) is 3.78. The van der Waals surface area contributed by atoms with Crippen LogP contribution in [0.3, 0.4) is 0 Å². The summed E-state index contributed by atoms with van der Waals surface area (Å²) in [6.07, 6.45) is 4.29. The van der Waals surface area contributed by atoms with Crippen molar-refractivity contribution in [1.29, 1.82) is 0 Å². The summed E-state index contributed by atoms with van der Waals surface area (Å²) in [6.45, 7) is 7.08. The minimum Gasteiger partial charge on any atom is -0.481 e. The van der Waals surface area contributed by atoms with Crippen LogP contribution in [0.4, 0.5) is 0 Å². The molecule has 0 saturated carbocycles. The number of hydrogen-bond donors (Lipinski definition) is 3. The first kappa shape index (κ1) is 15.4. The third-order valence-electron chi connectivity index (χ3n) is 2.31. The number of hydrogen-bond acceptors (Lipinski definition) is 3. The number of aliphatic carboxylic acids is 1. The lowest BCUT2D eigenvalue weighted by Gasteiger charge is -2.14. The zero-order valence-electron chi connectivity index (χ0n) is 9.89. The lowest BCUT2D eigenvalue weighted by molar-refractivity contribution is -0.137. The van der Waals surface area contributed by atoms with E-state index in [-0.39, 0.29) is 24.4 Å². The van der Waals surface area contributed by atoms with E-state index in [2.05, 4.69) is 18.5 Å². The first-order valence-electron chi connectivity index (χ1n) is 5.51. The highest BCUT2D eigenvalue weighted by atomic mass is 16.4. The molecule has 0 radical (unpaired) electrons. The van der Waals surface area contributed by atoms with Gasteiger partial charge in [-0.15, -0.1) is 13.2 Å². The van der Waals surface area contributed by atoms with E-state index < -0.39 is 5.97 Å². The van der Waals surface area contributed by atoms with Crippen LogP contribution in [0.2, 0.25) is 0 Å². The molecule has 1 amide bonds. The van der Waals surface area contributed by atoms with E-state index >= 15 is 0 Å². The van der Waals surface area contributed by atoms with Crippen LogP contribution in [-0.4, -0.2) is 29.1 Å². The normalized spacial score (nSPS) is 13.5. The molecule has 0 heterocycles. The van der Waals surface area contributed by atoms with Crippen LogP contribution < -0.4 is 11.1 Å². The van der Waals surface area contributed by atoms with Crippen molar-refractivity contribution in [3.05, 3.63) is 25.3 Å². The number of carboxylic acids is 1. The number of nitrogens with two attached hydrogens (primary N) is 1. The molecule has 0 aromatic heterocycles. The molecule has 0 bridgehead atoms. The molecule has 2 unspecified atom stereocenters. The van der Waals surface area contributed by atoms with Crippen molar-refractivity contribution in [1.82, 2.24) is 5.32 Å². The summed E-state index contributed by atoms with van der Waals surface area (Å²) >= 11 is 0. The maximum atomic E-state index is 11.5. The van der Waals surface area contributed by atoms with Crippen LogP contribution in [0, 0.1) is 0 Å². The second-order valence-corrected chi connectivity index (χ2v) is 3.78. The number of carboxylic acid groups (broad SMARTS) is 1. The second kappa shape index (κ2) is 8.52. The first-order valence-corrected chi connectivity index (χ1v) is 5.51. The van der Waals surface area contributed by atoms with Crippen molar-refractivity contribution < 1.29 is 14.7 Å². The lowest BCUT2D eigenvalue weighted by Crippen LogP contribution is -2.34. The van der Waals surface area contributed by atoms with Gasteiger partial charge in [0.2, 0.25) is 5.91 Å². The van der Waals surface area contributed by atoms with E-state index in [1.807, 2.05) is 0 Å². The highest BCUT2D eigenvalue weighted by Crippen LogP contribution is 2.01. The van der Waals surface area contributed by atoms with Gasteiger partial charge in [-0.2, -0.15) is 0 Å². The third kappa shape index (κ3) is 8.21. The van der Waals surface area contributed by atoms with E-state index in [0.717, 1.165) is 0 Å². The standard InChI is InChI=1S/C12H20N2O3/c1-3-9(13)5-7-11(15)14-10(4-2)6-8-12(16)17/h3-4,9-10H,1-2,5-8,13H2,(H,14,15)(H,16,17). The number of nitrogens with one attached hydrogen (secondary N) is 1. The molecule has 0 saturated heterocycles. The molecule has 0 aliphatic carbocycles. The molecule has 17 heavy (non-hydrogen) atoms. The molecule has 0 aliphatic heterocycles. The zero-order valence-corrected chi connectivity index (χ0v) is 9.89. The average Bonchev–Trinajstić information content (AvgIpc) is 2.30. The van der Waals surface area contributed by atoms with Gasteiger partial charge in [-0.1, -0.05) is 12.2 Å². The summed E-state index contributed by atoms with van der Waals surface area (Å²) < 4.78 is 0. The fourth-order valence-electron chi connectivity index (χ4n) is 1.22. The predicted molar refractivity (Wildman–Crippen MR) is 66.4 cm³/mol. The number of amides is 1. The zero-order chi connectivity index (χ0) is 13.3. The minimum atomic E-state index is -0.889. The Morgan fingerprint density at radius 2 is 1.88 bits per heavy atom. The molecule has 96 valence electrons. The van der Waals surface area contributed by atoms with E-state index in [0.29, 0.717) is 19.3 Å². The SMILES string of the molecule is C=CC(N)CCC(=O)NC(C=C)CCC(=O)O. The van der Waals surface area contributed by atoms with Crippen LogP contribution in [0.25, 0.3) is 0 Å². The molecule has 0 aromatic carbocycles. The van der Waals surface area contributed by atoms with Gasteiger partial charge in [0.05, 0.1) is 0 Å². The van der Waals surface area contributed by atoms with E-state index in [1.165, 1.54) is 6.08 Å². The Morgan fingerprint density at radius 1 is 1.24 bits per heavy atom. The Hall–Kier alpha value is -1.62. The first-order chi connectivity index (χ1) is 7.99. The summed E-state index contributed by atoms with van der Waals surface area (Å²) in [5, 5.41) is 11.2. The Bertz CT molecular complexity index is 289. The highest BCUT2D eigenvalue weighted by Gasteiger charge is 2.11. The van der Waals surface area contributed by atoms with Crippen LogP contribution in [0.15, 0.2) is 25.3 Å². The Labute approximate surface area is 101 Å². The molecule has 0 aromatic rings. The van der Waals surface area contributed by atoms with Gasteiger partial charge in [0, 0.05) is 24.9 Å². The fraction of sp³-hybridized carbons (Fsp3) is 0.500. The molecule has 5 nitrogen and oxygen atoms in total. The Morgan fingerprint density at radius 3 is 2.35 bits per heavy atom. The lowest BCUT2D eigenvalue weighted by atomic mass is 10.1. The van der Waals surface area contributed by atoms with Gasteiger partial charge < -0.3 is 16.2 Å². The van der Waals surface area contributed by atoms with Crippen LogP contribution in [-0.2, 0) is 9.59 Å². The van der Waals surface area contributed by atoms with E-state index in [9.17, 15) is 9.59 Å². The summed E-state index contributed by atoms with van der Waals surface area (Å²) in [5.74, 6) is -1.04. The van der Waals surface area contributed by atoms with Gasteiger partial charge in [-0.25, -0.2) is 0 Å². The largest absolute Gasteiger partial charge is 0.481 e. The molecule has 0 rings (SSSR count). The Kier molecular flexibility index (Phi) is 7.71. The van der Waals surface area contributed by atoms with Crippen molar-refractivity contribution in [3.8, 4) is 0 Å². The molecule has 0 fully saturated rings. The maximum Gasteiger partial charge on any atom is 0.303 e. The number of rotatable bonds is 9. The van der Waals surface area contributed by atoms with Gasteiger partial charge in [-0.3, -0.25) is 9.59 Å². The Balaban J connectivity index is 3.93. The molecule has 0 spiro atoms. The summed E-state index contributed by atoms with van der Waals surface area (Å²) in [7, 11) is 0. The minimum absolute atomic E-state index is 0.00311. The number of carbonyl (C=O) groups is 2. The van der Waals surface area contributed by atoms with Gasteiger partial charge in [0.25, 0.3) is 0 Å². The van der Waals surface area contributed by atoms with Crippen molar-refractivity contribution in [2.24, 2.45) is 5.73 Å². The fourth-order valence-corrected chi connectivity index (χ4v) is 1.22. The highest BCUT2D eigenvalue weighted by molar-refractivity contribution is 5.76. The van der Waals surface area contributed by atoms with Crippen molar-refractivity contribution in [3.63, 3.8) is 0 Å². The van der Waals surface area contributed by atoms with Crippen LogP contribution in [0.5, 0.6) is 0 Å². The van der Waals surface area contributed by atoms with Gasteiger partial charge in [0.15, 0.2) is 0 Å². The summed E-state index contributed by atoms with van der Waals surface area (Å²) in [5.41, 5.74) is 5.59. The van der Waals surface area contributed by atoms with Crippen LogP contribution >= 0.6 is 0 Å². The monoisotopic (exact) mass is 240 g/mol. The maximum absolute atomic E-state index is 11.5. The predicted octanol–water partition coefficient (Wildman–Crippen LogP) is 0.815. The molecule has 5 heteroatoms. The number of carbonyl (C=O) groups excluding carboxylic acids is 1. The van der Waals surface area contributed by atoms with Gasteiger partial charge in [-0.05, 0) is 12.8 Å². The van der Waals surface area contributed by atoms with Crippen molar-refractivity contribution in [2.75, 3.05) is 0 Å². The average molecular weight is 240 g/mol. The topological polar surface area (TPSA) is 92.4 Å². The van der Waals surface area contributed by atoms with E-state index in [4.69, 9.17) is 10.8 Å². The van der Waals surface area contributed by atoms with Gasteiger partial charge in [0.1, 0.15) is 0 Å². The third-order valence-corrected chi connectivity index (χ3v) is 2.31. The van der Waals surface area contributed by atoms with Crippen molar-refractivity contribution >= 4 is 11.9 Å². The smallest absolute Gasteiger partial charge is 0.303 e. The molecular weight excluding hydrogens is 220 g/mol. The molecule has 0 aliphatic rings. The van der Waals surface area contributed by atoms with Crippen molar-refractivity contribution in [2.45, 2.75) is 37.8 Å². The quantitative estimate of drug-likeness (QED) is 0.520. The molecular formula is C12H20N2O3. The summed E-state index contributed by atoms with van der Waals surface area (Å²) in [4.78, 5) is 21.9. The van der Waals surface area contributed by atoms with Gasteiger partial charge >= 0.3 is 5.97 Å². The van der Waals surface area contributed by atoms with E-state index in [1.54, 1.807) is 6.08 Å². The summed E-state index contributed by atoms with van der Waals surface area (Å²) in [6, 6.07) is -0.500. The molecule has 4 N–H and O–H groups in total. The molecule has 2 atom stereocenters.